The number of alkyl halides is 5. The molecule has 1 saturated carbocycles. The number of hydrogen-bond donors (Lipinski definition) is 3. The molecular weight excluding hydrogens is 325 g/mol. The minimum Gasteiger partial charge on any atom is -0.383 e. The third kappa shape index (κ3) is 2.53. The summed E-state index contributed by atoms with van der Waals surface area (Å²) in [5.41, 5.74) is -8.02. The van der Waals surface area contributed by atoms with E-state index in [4.69, 9.17) is 0 Å². The van der Waals surface area contributed by atoms with E-state index in [-0.39, 0.29) is 12.3 Å². The second-order valence-electron chi connectivity index (χ2n) is 6.50. The normalized spacial score (nSPS) is 32.5. The molecule has 0 radical (unpaired) electrons. The average Bonchev–Trinajstić information content (AvgIpc) is 2.98. The Morgan fingerprint density at radius 3 is 2.04 bits per heavy atom. The summed E-state index contributed by atoms with van der Waals surface area (Å²) in [6.07, 6.45) is -1.94. The van der Waals surface area contributed by atoms with Crippen LogP contribution in [0.1, 0.15) is 26.7 Å². The lowest BCUT2D eigenvalue weighted by Crippen LogP contribution is -2.76. The van der Waals surface area contributed by atoms with Crippen molar-refractivity contribution in [1.82, 2.24) is 5.32 Å². The topological polar surface area (TPSA) is 69.6 Å². The molecule has 0 saturated heterocycles. The van der Waals surface area contributed by atoms with Crippen molar-refractivity contribution in [3.05, 3.63) is 12.2 Å². The second-order valence-corrected chi connectivity index (χ2v) is 6.50. The molecule has 0 spiro atoms. The van der Waals surface area contributed by atoms with Gasteiger partial charge in [-0.15, -0.1) is 0 Å². The van der Waals surface area contributed by atoms with E-state index in [1.807, 2.05) is 0 Å². The first-order chi connectivity index (χ1) is 10.2. The van der Waals surface area contributed by atoms with Gasteiger partial charge in [0.15, 0.2) is 0 Å². The summed E-state index contributed by atoms with van der Waals surface area (Å²) in [7, 11) is 0. The quantitative estimate of drug-likeness (QED) is 0.415. The maximum absolute atomic E-state index is 14.6. The molecule has 0 aromatic rings. The Bertz CT molecular complexity index is 531. The molecule has 2 aliphatic rings. The van der Waals surface area contributed by atoms with Crippen molar-refractivity contribution in [2.24, 2.45) is 17.8 Å². The molecule has 0 aromatic carbocycles. The number of carbonyl (C=O) groups excluding carboxylic acids is 1. The van der Waals surface area contributed by atoms with Crippen molar-refractivity contribution in [2.75, 3.05) is 0 Å². The van der Waals surface area contributed by atoms with Crippen LogP contribution in [0.5, 0.6) is 0 Å². The highest BCUT2D eigenvalue weighted by molar-refractivity contribution is 5.74. The van der Waals surface area contributed by atoms with Crippen molar-refractivity contribution in [2.45, 2.75) is 50.1 Å². The molecule has 2 rings (SSSR count). The summed E-state index contributed by atoms with van der Waals surface area (Å²) in [6.45, 7) is 1.15. The van der Waals surface area contributed by atoms with Gasteiger partial charge in [-0.05, 0) is 31.6 Å². The number of carbonyl (C=O) groups is 1. The third-order valence-electron chi connectivity index (χ3n) is 4.86. The SMILES string of the molecule is CC(=O)NC(O)(C(F)(F)F)C(F)(F)C(C)(O)C1CC2C=CC1C2. The largest absolute Gasteiger partial charge is 0.443 e. The molecular formula is C14H18F5NO3. The Balaban J connectivity index is 2.44. The van der Waals surface area contributed by atoms with Crippen LogP contribution in [0, 0.1) is 17.8 Å². The van der Waals surface area contributed by atoms with Crippen molar-refractivity contribution in [1.29, 1.82) is 0 Å². The highest BCUT2D eigenvalue weighted by Crippen LogP contribution is 2.56. The van der Waals surface area contributed by atoms with Gasteiger partial charge in [-0.3, -0.25) is 4.79 Å². The summed E-state index contributed by atoms with van der Waals surface area (Å²) in [6, 6.07) is 0. The van der Waals surface area contributed by atoms with E-state index in [2.05, 4.69) is 0 Å². The molecule has 23 heavy (non-hydrogen) atoms. The lowest BCUT2D eigenvalue weighted by atomic mass is 9.72. The number of aliphatic hydroxyl groups is 2. The minimum atomic E-state index is -5.88. The summed E-state index contributed by atoms with van der Waals surface area (Å²) in [4.78, 5) is 10.9. The zero-order valence-electron chi connectivity index (χ0n) is 12.5. The number of hydrogen-bond acceptors (Lipinski definition) is 3. The van der Waals surface area contributed by atoms with Crippen LogP contribution in [0.25, 0.3) is 0 Å². The van der Waals surface area contributed by atoms with Crippen LogP contribution in [-0.4, -0.2) is 39.5 Å². The Labute approximate surface area is 129 Å². The first-order valence-corrected chi connectivity index (χ1v) is 7.10. The van der Waals surface area contributed by atoms with Gasteiger partial charge in [0.2, 0.25) is 5.91 Å². The minimum absolute atomic E-state index is 0.0768. The van der Waals surface area contributed by atoms with Crippen LogP contribution in [0.3, 0.4) is 0 Å². The average molecular weight is 343 g/mol. The fourth-order valence-corrected chi connectivity index (χ4v) is 3.61. The molecule has 5 unspecified atom stereocenters. The first-order valence-electron chi connectivity index (χ1n) is 7.10. The lowest BCUT2D eigenvalue weighted by Gasteiger charge is -2.47. The standard InChI is InChI=1S/C14H18F5NO3/c1-7(21)20-13(23,14(17,18)19)12(15,16)11(2,22)10-6-8-3-4-9(10)5-8/h3-4,8-10,22-23H,5-6H2,1-2H3,(H,20,21). The molecule has 9 heteroatoms. The number of allylic oxidation sites excluding steroid dienone is 2. The predicted octanol–water partition coefficient (Wildman–Crippen LogP) is 1.97. The molecule has 4 nitrogen and oxygen atoms in total. The van der Waals surface area contributed by atoms with Gasteiger partial charge in [0.05, 0.1) is 0 Å². The number of fused-ring (bicyclic) bond motifs is 2. The van der Waals surface area contributed by atoms with E-state index in [1.165, 1.54) is 0 Å². The van der Waals surface area contributed by atoms with Gasteiger partial charge in [-0.25, -0.2) is 0 Å². The van der Waals surface area contributed by atoms with Crippen molar-refractivity contribution < 1.29 is 37.0 Å². The number of nitrogens with one attached hydrogen (secondary N) is 1. The van der Waals surface area contributed by atoms with Crippen molar-refractivity contribution in [3.8, 4) is 0 Å². The number of amides is 1. The van der Waals surface area contributed by atoms with E-state index in [9.17, 15) is 37.0 Å². The molecule has 0 heterocycles. The molecule has 2 aliphatic carbocycles. The summed E-state index contributed by atoms with van der Waals surface area (Å²) in [5, 5.41) is 20.8. The fourth-order valence-electron chi connectivity index (χ4n) is 3.61. The lowest BCUT2D eigenvalue weighted by molar-refractivity contribution is -0.380. The van der Waals surface area contributed by atoms with Crippen LogP contribution in [-0.2, 0) is 4.79 Å². The van der Waals surface area contributed by atoms with Gasteiger partial charge >= 0.3 is 17.8 Å². The van der Waals surface area contributed by atoms with Gasteiger partial charge in [-0.1, -0.05) is 12.2 Å². The maximum atomic E-state index is 14.6. The summed E-state index contributed by atoms with van der Waals surface area (Å²) >= 11 is 0. The van der Waals surface area contributed by atoms with E-state index in [0.29, 0.717) is 20.3 Å². The molecule has 0 aromatic heterocycles. The third-order valence-corrected chi connectivity index (χ3v) is 4.86. The molecule has 2 bridgehead atoms. The second kappa shape index (κ2) is 5.14. The van der Waals surface area contributed by atoms with Crippen LogP contribution in [0.4, 0.5) is 22.0 Å². The molecule has 1 fully saturated rings. The number of rotatable bonds is 4. The molecule has 3 N–H and O–H groups in total. The Morgan fingerprint density at radius 1 is 1.13 bits per heavy atom. The maximum Gasteiger partial charge on any atom is 0.443 e. The van der Waals surface area contributed by atoms with Gasteiger partial charge in [0, 0.05) is 12.8 Å². The molecule has 132 valence electrons. The highest BCUT2D eigenvalue weighted by Gasteiger charge is 2.77. The van der Waals surface area contributed by atoms with Gasteiger partial charge in [0.1, 0.15) is 5.60 Å². The zero-order valence-corrected chi connectivity index (χ0v) is 12.5. The van der Waals surface area contributed by atoms with E-state index >= 15 is 0 Å². The fraction of sp³-hybridized carbons (Fsp3) is 0.786. The van der Waals surface area contributed by atoms with E-state index < -0.39 is 41.2 Å². The van der Waals surface area contributed by atoms with E-state index in [0.717, 1.165) is 5.32 Å². The van der Waals surface area contributed by atoms with Gasteiger partial charge in [-0.2, -0.15) is 22.0 Å². The monoisotopic (exact) mass is 343 g/mol. The van der Waals surface area contributed by atoms with Gasteiger partial charge in [0.25, 0.3) is 0 Å². The Morgan fingerprint density at radius 2 is 1.70 bits per heavy atom. The van der Waals surface area contributed by atoms with Crippen LogP contribution < -0.4 is 5.32 Å². The molecule has 0 aliphatic heterocycles. The van der Waals surface area contributed by atoms with Crippen LogP contribution in [0.15, 0.2) is 12.2 Å². The van der Waals surface area contributed by atoms with Crippen molar-refractivity contribution >= 4 is 5.91 Å². The van der Waals surface area contributed by atoms with Crippen LogP contribution in [0.2, 0.25) is 0 Å². The van der Waals surface area contributed by atoms with E-state index in [1.54, 1.807) is 12.2 Å². The zero-order chi connectivity index (χ0) is 17.8. The predicted molar refractivity (Wildman–Crippen MR) is 69.2 cm³/mol. The van der Waals surface area contributed by atoms with Gasteiger partial charge < -0.3 is 15.5 Å². The Hall–Kier alpha value is -1.22. The van der Waals surface area contributed by atoms with Crippen LogP contribution >= 0.6 is 0 Å². The summed E-state index contributed by atoms with van der Waals surface area (Å²) < 4.78 is 68.5. The first kappa shape index (κ1) is 18.1. The molecule has 5 atom stereocenters. The summed E-state index contributed by atoms with van der Waals surface area (Å²) in [5.74, 6) is -8.27. The van der Waals surface area contributed by atoms with Crippen molar-refractivity contribution in [3.63, 3.8) is 0 Å². The smallest absolute Gasteiger partial charge is 0.383 e. The Kier molecular flexibility index (Phi) is 4.05. The molecule has 1 amide bonds. The number of halogens is 5. The highest BCUT2D eigenvalue weighted by atomic mass is 19.4.